The first-order valence-electron chi connectivity index (χ1n) is 2.34. The van der Waals surface area contributed by atoms with Crippen LogP contribution in [0.1, 0.15) is 0 Å². The lowest BCUT2D eigenvalue weighted by atomic mass is 10.5. The zero-order chi connectivity index (χ0) is 6.85. The van der Waals surface area contributed by atoms with Crippen molar-refractivity contribution in [2.45, 2.75) is 0 Å². The maximum atomic E-state index is 10.7. The van der Waals surface area contributed by atoms with Crippen LogP contribution in [0.2, 0.25) is 0 Å². The Kier molecular flexibility index (Phi) is 1.75. The van der Waals surface area contributed by atoms with Gasteiger partial charge in [0.15, 0.2) is 5.43 Å². The van der Waals surface area contributed by atoms with Gasteiger partial charge in [-0.3, -0.25) is 4.79 Å². The van der Waals surface area contributed by atoms with Crippen LogP contribution in [0.5, 0.6) is 0 Å². The minimum atomic E-state index is -0.0353. The molecule has 0 aliphatic heterocycles. The zero-order valence-corrected chi connectivity index (χ0v) is 6.68. The van der Waals surface area contributed by atoms with E-state index in [1.165, 1.54) is 12.3 Å². The van der Waals surface area contributed by atoms with Crippen LogP contribution in [0.3, 0.4) is 0 Å². The molecular weight excluding hydrogens is 231 g/mol. The molecule has 48 valence electrons. The van der Waals surface area contributed by atoms with Crippen molar-refractivity contribution in [2.75, 3.05) is 5.73 Å². The molecule has 4 heteroatoms. The van der Waals surface area contributed by atoms with Gasteiger partial charge in [0.2, 0.25) is 0 Å². The molecule has 0 unspecified atom stereocenters. The molecule has 0 saturated heterocycles. The van der Waals surface area contributed by atoms with Gasteiger partial charge in [0.1, 0.15) is 9.39 Å². The lowest BCUT2D eigenvalue weighted by molar-refractivity contribution is 1.29. The van der Waals surface area contributed by atoms with Crippen molar-refractivity contribution in [1.29, 1.82) is 0 Å². The molecule has 0 aliphatic carbocycles. The molecule has 0 atom stereocenters. The Labute approximate surface area is 65.4 Å². The number of nitrogens with two attached hydrogens (primary N) is 1. The summed E-state index contributed by atoms with van der Waals surface area (Å²) in [5.74, 6) is 0.433. The maximum absolute atomic E-state index is 10.7. The smallest absolute Gasteiger partial charge is 0.197 e. The Morgan fingerprint density at radius 3 is 2.78 bits per heavy atom. The molecule has 3 nitrogen and oxygen atoms in total. The van der Waals surface area contributed by atoms with Gasteiger partial charge in [-0.15, -0.1) is 0 Å². The summed E-state index contributed by atoms with van der Waals surface area (Å²) < 4.78 is 0.551. The minimum Gasteiger partial charge on any atom is -0.384 e. The van der Waals surface area contributed by atoms with E-state index in [2.05, 4.69) is 4.98 Å². The number of rotatable bonds is 0. The summed E-state index contributed by atoms with van der Waals surface area (Å²) in [6, 6.07) is 1.44. The number of aromatic nitrogens is 1. The fourth-order valence-corrected chi connectivity index (χ4v) is 0.812. The maximum Gasteiger partial charge on any atom is 0.197 e. The third kappa shape index (κ3) is 1.24. The lowest BCUT2D eigenvalue weighted by Gasteiger charge is -1.92. The van der Waals surface area contributed by atoms with Crippen molar-refractivity contribution in [1.82, 2.24) is 4.98 Å². The highest BCUT2D eigenvalue weighted by atomic mass is 127. The van der Waals surface area contributed by atoms with E-state index >= 15 is 0 Å². The van der Waals surface area contributed by atoms with Crippen LogP contribution in [-0.4, -0.2) is 4.98 Å². The Morgan fingerprint density at radius 1 is 1.67 bits per heavy atom. The number of hydrogen-bond donors (Lipinski definition) is 2. The van der Waals surface area contributed by atoms with E-state index in [0.717, 1.165) is 0 Å². The second-order valence-corrected chi connectivity index (χ2v) is 2.65. The van der Waals surface area contributed by atoms with Crippen molar-refractivity contribution in [3.63, 3.8) is 0 Å². The Balaban J connectivity index is 3.43. The first-order chi connectivity index (χ1) is 4.22. The van der Waals surface area contributed by atoms with E-state index < -0.39 is 0 Å². The highest BCUT2D eigenvalue weighted by Crippen LogP contribution is 2.02. The Hall–Kier alpha value is -0.520. The van der Waals surface area contributed by atoms with Gasteiger partial charge in [-0.25, -0.2) is 0 Å². The monoisotopic (exact) mass is 236 g/mol. The number of aromatic amines is 1. The van der Waals surface area contributed by atoms with Gasteiger partial charge in [0, 0.05) is 12.3 Å². The topological polar surface area (TPSA) is 58.9 Å². The molecule has 1 aromatic heterocycles. The number of nitrogens with one attached hydrogen (secondary N) is 1. The van der Waals surface area contributed by atoms with Crippen molar-refractivity contribution < 1.29 is 0 Å². The Morgan fingerprint density at radius 2 is 2.33 bits per heavy atom. The van der Waals surface area contributed by atoms with Gasteiger partial charge in [-0.05, 0) is 22.6 Å². The summed E-state index contributed by atoms with van der Waals surface area (Å²) in [4.78, 5) is 13.4. The number of anilines is 1. The van der Waals surface area contributed by atoms with Crippen LogP contribution in [0.25, 0.3) is 0 Å². The average molecular weight is 236 g/mol. The molecule has 1 rings (SSSR count). The van der Waals surface area contributed by atoms with Crippen LogP contribution < -0.4 is 11.2 Å². The molecule has 0 radical (unpaired) electrons. The van der Waals surface area contributed by atoms with Crippen LogP contribution in [0, 0.1) is 3.57 Å². The molecule has 1 aromatic rings. The summed E-state index contributed by atoms with van der Waals surface area (Å²) in [5, 5.41) is 0. The molecule has 0 aliphatic rings. The predicted molar refractivity (Wildman–Crippen MR) is 44.2 cm³/mol. The molecule has 0 bridgehead atoms. The second kappa shape index (κ2) is 2.38. The molecule has 0 amide bonds. The summed E-state index contributed by atoms with van der Waals surface area (Å²) in [6.45, 7) is 0. The summed E-state index contributed by atoms with van der Waals surface area (Å²) in [5.41, 5.74) is 5.32. The van der Waals surface area contributed by atoms with E-state index in [-0.39, 0.29) is 5.43 Å². The molecular formula is C5H5IN2O. The zero-order valence-electron chi connectivity index (χ0n) is 4.52. The van der Waals surface area contributed by atoms with E-state index in [1.54, 1.807) is 0 Å². The van der Waals surface area contributed by atoms with Crippen LogP contribution in [-0.2, 0) is 0 Å². The third-order valence-electron chi connectivity index (χ3n) is 0.926. The van der Waals surface area contributed by atoms with Gasteiger partial charge in [-0.2, -0.15) is 0 Å². The van der Waals surface area contributed by atoms with Gasteiger partial charge in [-0.1, -0.05) is 0 Å². The van der Waals surface area contributed by atoms with Gasteiger partial charge in [0.05, 0.1) is 0 Å². The number of nitrogen functional groups attached to an aromatic ring is 1. The fourth-order valence-electron chi connectivity index (χ4n) is 0.476. The van der Waals surface area contributed by atoms with Crippen molar-refractivity contribution in [3.05, 3.63) is 26.1 Å². The predicted octanol–water partition coefficient (Wildman–Crippen LogP) is 0.562. The molecule has 3 N–H and O–H groups in total. The normalized spacial score (nSPS) is 9.44. The van der Waals surface area contributed by atoms with E-state index in [9.17, 15) is 4.79 Å². The van der Waals surface area contributed by atoms with E-state index in [1.807, 2.05) is 22.6 Å². The van der Waals surface area contributed by atoms with Crippen molar-refractivity contribution >= 4 is 28.4 Å². The molecule has 9 heavy (non-hydrogen) atoms. The number of halogens is 1. The Bertz CT molecular complexity index is 268. The fraction of sp³-hybridized carbons (Fsp3) is 0. The number of H-pyrrole nitrogens is 1. The molecule has 0 spiro atoms. The van der Waals surface area contributed by atoms with Crippen molar-refractivity contribution in [2.24, 2.45) is 0 Å². The summed E-state index contributed by atoms with van der Waals surface area (Å²) >= 11 is 1.90. The van der Waals surface area contributed by atoms with Crippen LogP contribution in [0.4, 0.5) is 5.82 Å². The highest BCUT2D eigenvalue weighted by molar-refractivity contribution is 14.1. The second-order valence-electron chi connectivity index (χ2n) is 1.57. The van der Waals surface area contributed by atoms with Gasteiger partial charge >= 0.3 is 0 Å². The SMILES string of the molecule is Nc1[nH]ccc(=O)c1I. The molecule has 1 heterocycles. The molecule has 0 aromatic carbocycles. The molecule has 0 fully saturated rings. The highest BCUT2D eigenvalue weighted by Gasteiger charge is 1.95. The minimum absolute atomic E-state index is 0.0353. The summed E-state index contributed by atoms with van der Waals surface area (Å²) in [7, 11) is 0. The van der Waals surface area contributed by atoms with Crippen molar-refractivity contribution in [3.8, 4) is 0 Å². The molecule has 0 saturated carbocycles. The largest absolute Gasteiger partial charge is 0.384 e. The quantitative estimate of drug-likeness (QED) is 0.646. The first kappa shape index (κ1) is 6.60. The standard InChI is InChI=1S/C5H5IN2O/c6-4-3(9)1-2-8-5(4)7/h1-2H,(H3,7,8,9). The van der Waals surface area contributed by atoms with E-state index in [4.69, 9.17) is 5.73 Å². The third-order valence-corrected chi connectivity index (χ3v) is 2.04. The lowest BCUT2D eigenvalue weighted by Crippen LogP contribution is -2.07. The van der Waals surface area contributed by atoms with Gasteiger partial charge < -0.3 is 10.7 Å². The average Bonchev–Trinajstić information content (AvgIpc) is 1.83. The van der Waals surface area contributed by atoms with Crippen LogP contribution >= 0.6 is 22.6 Å². The van der Waals surface area contributed by atoms with Gasteiger partial charge in [0.25, 0.3) is 0 Å². The van der Waals surface area contributed by atoms with E-state index in [0.29, 0.717) is 9.39 Å². The number of pyridine rings is 1. The van der Waals surface area contributed by atoms with Crippen LogP contribution in [0.15, 0.2) is 17.1 Å². The number of hydrogen-bond acceptors (Lipinski definition) is 2. The first-order valence-corrected chi connectivity index (χ1v) is 3.42. The summed E-state index contributed by atoms with van der Waals surface area (Å²) in [6.07, 6.45) is 1.53.